The molecule has 23 heavy (non-hydrogen) atoms. The van der Waals surface area contributed by atoms with Gasteiger partial charge in [-0.15, -0.1) is 0 Å². The number of ether oxygens (including phenoxy) is 1. The average Bonchev–Trinajstić information content (AvgIpc) is 2.49. The highest BCUT2D eigenvalue weighted by Gasteiger charge is 2.25. The number of amides is 1. The van der Waals surface area contributed by atoms with E-state index in [1.54, 1.807) is 4.90 Å². The molecule has 5 heteroatoms. The molecule has 0 spiro atoms. The van der Waals surface area contributed by atoms with E-state index in [2.05, 4.69) is 23.5 Å². The number of aliphatic hydroxyl groups is 1. The Kier molecular flexibility index (Phi) is 6.02. The Hall–Kier alpha value is -1.59. The van der Waals surface area contributed by atoms with Crippen molar-refractivity contribution < 1.29 is 14.6 Å². The molecule has 5 nitrogen and oxygen atoms in total. The Morgan fingerprint density at radius 3 is 2.83 bits per heavy atom. The Morgan fingerprint density at radius 2 is 2.13 bits per heavy atom. The van der Waals surface area contributed by atoms with Gasteiger partial charge < -0.3 is 20.1 Å². The maximum atomic E-state index is 12.2. The van der Waals surface area contributed by atoms with E-state index in [1.165, 1.54) is 16.7 Å². The summed E-state index contributed by atoms with van der Waals surface area (Å²) in [6.07, 6.45) is 1.40. The van der Waals surface area contributed by atoms with Crippen molar-refractivity contribution in [3.8, 4) is 0 Å². The van der Waals surface area contributed by atoms with Gasteiger partial charge in [-0.05, 0) is 56.8 Å². The molecule has 0 fully saturated rings. The van der Waals surface area contributed by atoms with E-state index in [-0.39, 0.29) is 12.7 Å². The molecule has 0 saturated heterocycles. The van der Waals surface area contributed by atoms with Crippen LogP contribution in [0.3, 0.4) is 0 Å². The van der Waals surface area contributed by atoms with Gasteiger partial charge in [0.15, 0.2) is 0 Å². The number of fused-ring (bicyclic) bond motifs is 1. The SMILES string of the molecule is CC(C)(C)OC(=O)N1CCc2cc(CNCCCO)ccc2C1. The zero-order valence-corrected chi connectivity index (χ0v) is 14.4. The zero-order valence-electron chi connectivity index (χ0n) is 14.4. The molecule has 1 aliphatic heterocycles. The van der Waals surface area contributed by atoms with Crippen molar-refractivity contribution in [2.75, 3.05) is 19.7 Å². The summed E-state index contributed by atoms with van der Waals surface area (Å²) in [4.78, 5) is 13.9. The van der Waals surface area contributed by atoms with Crippen LogP contribution < -0.4 is 5.32 Å². The Morgan fingerprint density at radius 1 is 1.35 bits per heavy atom. The van der Waals surface area contributed by atoms with Gasteiger partial charge in [0.2, 0.25) is 0 Å². The Bertz CT molecular complexity index is 538. The van der Waals surface area contributed by atoms with E-state index < -0.39 is 5.60 Å². The Labute approximate surface area is 138 Å². The molecule has 0 aromatic heterocycles. The predicted octanol–water partition coefficient (Wildman–Crippen LogP) is 2.45. The van der Waals surface area contributed by atoms with E-state index in [4.69, 9.17) is 9.84 Å². The van der Waals surface area contributed by atoms with Gasteiger partial charge >= 0.3 is 6.09 Å². The maximum Gasteiger partial charge on any atom is 0.410 e. The zero-order chi connectivity index (χ0) is 16.9. The fourth-order valence-corrected chi connectivity index (χ4v) is 2.64. The molecule has 1 aliphatic rings. The van der Waals surface area contributed by atoms with Crippen molar-refractivity contribution in [1.82, 2.24) is 10.2 Å². The molecule has 1 heterocycles. The third-order valence-corrected chi connectivity index (χ3v) is 3.78. The van der Waals surface area contributed by atoms with E-state index in [0.29, 0.717) is 13.1 Å². The first-order chi connectivity index (χ1) is 10.9. The average molecular weight is 320 g/mol. The Balaban J connectivity index is 1.93. The lowest BCUT2D eigenvalue weighted by atomic mass is 9.97. The van der Waals surface area contributed by atoms with Gasteiger partial charge in [-0.3, -0.25) is 0 Å². The molecule has 2 rings (SSSR count). The summed E-state index contributed by atoms with van der Waals surface area (Å²) >= 11 is 0. The van der Waals surface area contributed by atoms with Crippen LogP contribution in [0.1, 0.15) is 43.9 Å². The first-order valence-corrected chi connectivity index (χ1v) is 8.29. The summed E-state index contributed by atoms with van der Waals surface area (Å²) in [5.74, 6) is 0. The van der Waals surface area contributed by atoms with Gasteiger partial charge in [0.05, 0.1) is 0 Å². The number of rotatable bonds is 5. The molecule has 1 aromatic carbocycles. The number of hydrogen-bond acceptors (Lipinski definition) is 4. The number of benzene rings is 1. The molecule has 0 aliphatic carbocycles. The lowest BCUT2D eigenvalue weighted by Gasteiger charge is -2.31. The minimum atomic E-state index is -0.457. The van der Waals surface area contributed by atoms with E-state index in [0.717, 1.165) is 25.9 Å². The van der Waals surface area contributed by atoms with E-state index in [1.807, 2.05) is 20.8 Å². The van der Waals surface area contributed by atoms with E-state index >= 15 is 0 Å². The second-order valence-electron chi connectivity index (χ2n) is 7.01. The molecule has 0 radical (unpaired) electrons. The van der Waals surface area contributed by atoms with Gasteiger partial charge in [-0.1, -0.05) is 18.2 Å². The standard InChI is InChI=1S/C18H28N2O3/c1-18(2,3)23-17(22)20-9-7-15-11-14(5-6-16(15)13-20)12-19-8-4-10-21/h5-6,11,19,21H,4,7-10,12-13H2,1-3H3. The van der Waals surface area contributed by atoms with Crippen LogP contribution in [0.4, 0.5) is 4.79 Å². The first-order valence-electron chi connectivity index (χ1n) is 8.29. The monoisotopic (exact) mass is 320 g/mol. The van der Waals surface area contributed by atoms with Crippen molar-refractivity contribution in [3.63, 3.8) is 0 Å². The summed E-state index contributed by atoms with van der Waals surface area (Å²) in [7, 11) is 0. The topological polar surface area (TPSA) is 61.8 Å². The van der Waals surface area contributed by atoms with Gasteiger partial charge in [0, 0.05) is 26.2 Å². The van der Waals surface area contributed by atoms with E-state index in [9.17, 15) is 4.79 Å². The summed E-state index contributed by atoms with van der Waals surface area (Å²) in [6, 6.07) is 6.42. The number of nitrogens with one attached hydrogen (secondary N) is 1. The van der Waals surface area contributed by atoms with Crippen LogP contribution in [0, 0.1) is 0 Å². The molecule has 0 saturated carbocycles. The first kappa shape index (κ1) is 17.8. The smallest absolute Gasteiger partial charge is 0.410 e. The van der Waals surface area contributed by atoms with Crippen molar-refractivity contribution in [2.45, 2.75) is 52.3 Å². The molecule has 1 aromatic rings. The largest absolute Gasteiger partial charge is 0.444 e. The molecule has 0 atom stereocenters. The van der Waals surface area contributed by atoms with Crippen molar-refractivity contribution in [3.05, 3.63) is 34.9 Å². The van der Waals surface area contributed by atoms with Crippen molar-refractivity contribution >= 4 is 6.09 Å². The summed E-state index contributed by atoms with van der Waals surface area (Å²) in [5.41, 5.74) is 3.29. The highest BCUT2D eigenvalue weighted by Crippen LogP contribution is 2.22. The minimum absolute atomic E-state index is 0.220. The number of aliphatic hydroxyl groups excluding tert-OH is 1. The van der Waals surface area contributed by atoms with Crippen LogP contribution in [0.2, 0.25) is 0 Å². The van der Waals surface area contributed by atoms with Crippen LogP contribution in [-0.2, 0) is 24.2 Å². The third-order valence-electron chi connectivity index (χ3n) is 3.78. The highest BCUT2D eigenvalue weighted by atomic mass is 16.6. The number of hydrogen-bond donors (Lipinski definition) is 2. The third kappa shape index (κ3) is 5.52. The highest BCUT2D eigenvalue weighted by molar-refractivity contribution is 5.68. The lowest BCUT2D eigenvalue weighted by molar-refractivity contribution is 0.0224. The lowest BCUT2D eigenvalue weighted by Crippen LogP contribution is -2.39. The van der Waals surface area contributed by atoms with Crippen molar-refractivity contribution in [1.29, 1.82) is 0 Å². The molecule has 1 amide bonds. The fraction of sp³-hybridized carbons (Fsp3) is 0.611. The molecule has 0 unspecified atom stereocenters. The number of nitrogens with zero attached hydrogens (tertiary/aromatic N) is 1. The molecule has 128 valence electrons. The normalized spacial score (nSPS) is 14.5. The van der Waals surface area contributed by atoms with Gasteiger partial charge in [0.1, 0.15) is 5.60 Å². The predicted molar refractivity (Wildman–Crippen MR) is 90.2 cm³/mol. The second-order valence-corrected chi connectivity index (χ2v) is 7.01. The van der Waals surface area contributed by atoms with Crippen LogP contribution in [-0.4, -0.2) is 41.4 Å². The number of carbonyl (C=O) groups is 1. The molecule has 0 bridgehead atoms. The maximum absolute atomic E-state index is 12.2. The molecular formula is C18H28N2O3. The van der Waals surface area contributed by atoms with Gasteiger partial charge in [0.25, 0.3) is 0 Å². The van der Waals surface area contributed by atoms with Crippen molar-refractivity contribution in [2.24, 2.45) is 0 Å². The summed E-state index contributed by atoms with van der Waals surface area (Å²) < 4.78 is 5.45. The van der Waals surface area contributed by atoms with Crippen LogP contribution in [0.15, 0.2) is 18.2 Å². The molecular weight excluding hydrogens is 292 g/mol. The summed E-state index contributed by atoms with van der Waals surface area (Å²) in [5, 5.41) is 12.1. The van der Waals surface area contributed by atoms with Crippen LogP contribution in [0.25, 0.3) is 0 Å². The van der Waals surface area contributed by atoms with Crippen LogP contribution in [0.5, 0.6) is 0 Å². The van der Waals surface area contributed by atoms with Crippen LogP contribution >= 0.6 is 0 Å². The van der Waals surface area contributed by atoms with Gasteiger partial charge in [-0.2, -0.15) is 0 Å². The second kappa shape index (κ2) is 7.79. The minimum Gasteiger partial charge on any atom is -0.444 e. The quantitative estimate of drug-likeness (QED) is 0.818. The fourth-order valence-electron chi connectivity index (χ4n) is 2.64. The number of carbonyl (C=O) groups excluding carboxylic acids is 1. The van der Waals surface area contributed by atoms with Gasteiger partial charge in [-0.25, -0.2) is 4.79 Å². The summed E-state index contributed by atoms with van der Waals surface area (Å²) in [6.45, 7) is 8.82. The molecule has 2 N–H and O–H groups in total.